The van der Waals surface area contributed by atoms with Gasteiger partial charge in [-0.3, -0.25) is 4.79 Å². The van der Waals surface area contributed by atoms with Gasteiger partial charge in [-0.05, 0) is 37.1 Å². The van der Waals surface area contributed by atoms with Crippen LogP contribution >= 0.6 is 11.6 Å². The fourth-order valence-corrected chi connectivity index (χ4v) is 3.76. The van der Waals surface area contributed by atoms with Gasteiger partial charge in [-0.15, -0.1) is 0 Å². The van der Waals surface area contributed by atoms with E-state index in [1.807, 2.05) is 0 Å². The van der Waals surface area contributed by atoms with Crippen molar-refractivity contribution in [3.05, 3.63) is 63.3 Å². The van der Waals surface area contributed by atoms with E-state index in [1.165, 1.54) is 17.8 Å². The van der Waals surface area contributed by atoms with Crippen molar-refractivity contribution in [2.75, 3.05) is 0 Å². The van der Waals surface area contributed by atoms with Crippen LogP contribution < -0.4 is 5.56 Å². The number of aromatic amines is 1. The molecule has 4 rings (SSSR count). The molecule has 5 atom stereocenters. The molecule has 28 heavy (non-hydrogen) atoms. The molecular formula is C19H20ClN3O5. The first kappa shape index (κ1) is 19.1. The van der Waals surface area contributed by atoms with Gasteiger partial charge in [-0.1, -0.05) is 23.7 Å². The van der Waals surface area contributed by atoms with Crippen molar-refractivity contribution in [3.63, 3.8) is 0 Å². The van der Waals surface area contributed by atoms with Gasteiger partial charge < -0.3 is 29.6 Å². The predicted molar refractivity (Wildman–Crippen MR) is 102 cm³/mol. The SMILES string of the molecule is Cc1cc([C@@H](O)[C@H]2O[C@@H](n3ccc4c(=O)[nH]cnc43)[C@H](O)[C@]2(C)O)ccc1Cl. The van der Waals surface area contributed by atoms with Crippen LogP contribution in [-0.4, -0.2) is 47.7 Å². The monoisotopic (exact) mass is 405 g/mol. The highest BCUT2D eigenvalue weighted by Gasteiger charge is 2.55. The maximum atomic E-state index is 11.9. The minimum absolute atomic E-state index is 0.307. The van der Waals surface area contributed by atoms with Crippen molar-refractivity contribution >= 4 is 22.6 Å². The summed E-state index contributed by atoms with van der Waals surface area (Å²) in [5.74, 6) is 0. The lowest BCUT2D eigenvalue weighted by atomic mass is 9.88. The summed E-state index contributed by atoms with van der Waals surface area (Å²) in [7, 11) is 0. The van der Waals surface area contributed by atoms with Gasteiger partial charge in [0, 0.05) is 11.2 Å². The van der Waals surface area contributed by atoms with Gasteiger partial charge in [-0.25, -0.2) is 4.98 Å². The zero-order chi connectivity index (χ0) is 20.2. The maximum Gasteiger partial charge on any atom is 0.260 e. The Hall–Kier alpha value is -2.23. The maximum absolute atomic E-state index is 11.9. The van der Waals surface area contributed by atoms with Gasteiger partial charge in [0.05, 0.1) is 11.7 Å². The lowest BCUT2D eigenvalue weighted by molar-refractivity contribution is -0.115. The van der Waals surface area contributed by atoms with Crippen LogP contribution in [0.4, 0.5) is 0 Å². The number of aliphatic hydroxyl groups is 3. The van der Waals surface area contributed by atoms with E-state index in [4.69, 9.17) is 16.3 Å². The predicted octanol–water partition coefficient (Wildman–Crippen LogP) is 1.43. The van der Waals surface area contributed by atoms with Crippen molar-refractivity contribution in [1.82, 2.24) is 14.5 Å². The molecule has 2 aromatic heterocycles. The molecular weight excluding hydrogens is 386 g/mol. The molecule has 1 aromatic carbocycles. The molecule has 0 aliphatic carbocycles. The van der Waals surface area contributed by atoms with E-state index in [2.05, 4.69) is 9.97 Å². The van der Waals surface area contributed by atoms with Gasteiger partial charge in [0.2, 0.25) is 0 Å². The van der Waals surface area contributed by atoms with E-state index < -0.39 is 30.1 Å². The number of hydrogen-bond acceptors (Lipinski definition) is 6. The van der Waals surface area contributed by atoms with Crippen molar-refractivity contribution in [2.24, 2.45) is 0 Å². The molecule has 4 N–H and O–H groups in total. The number of fused-ring (bicyclic) bond motifs is 1. The number of hydrogen-bond donors (Lipinski definition) is 4. The van der Waals surface area contributed by atoms with Gasteiger partial charge in [0.25, 0.3) is 5.56 Å². The lowest BCUT2D eigenvalue weighted by Gasteiger charge is -2.30. The number of halogens is 1. The van der Waals surface area contributed by atoms with Crippen molar-refractivity contribution < 1.29 is 20.1 Å². The summed E-state index contributed by atoms with van der Waals surface area (Å²) in [6, 6.07) is 6.56. The number of benzene rings is 1. The highest BCUT2D eigenvalue weighted by Crippen LogP contribution is 2.43. The molecule has 1 saturated heterocycles. The molecule has 1 fully saturated rings. The zero-order valence-electron chi connectivity index (χ0n) is 15.2. The van der Waals surface area contributed by atoms with Crippen LogP contribution in [-0.2, 0) is 4.74 Å². The lowest BCUT2D eigenvalue weighted by Crippen LogP contribution is -2.47. The van der Waals surface area contributed by atoms with Crippen molar-refractivity contribution in [3.8, 4) is 0 Å². The van der Waals surface area contributed by atoms with Crippen LogP contribution in [0.1, 0.15) is 30.4 Å². The summed E-state index contributed by atoms with van der Waals surface area (Å²) in [6.07, 6.45) is -1.91. The molecule has 0 spiro atoms. The van der Waals surface area contributed by atoms with Crippen LogP contribution in [0.3, 0.4) is 0 Å². The van der Waals surface area contributed by atoms with Gasteiger partial charge in [0.1, 0.15) is 29.6 Å². The number of aromatic nitrogens is 3. The Kier molecular flexibility index (Phi) is 4.56. The number of nitrogens with zero attached hydrogens (tertiary/aromatic N) is 2. The quantitative estimate of drug-likeness (QED) is 0.523. The number of aryl methyl sites for hydroxylation is 1. The normalized spacial score (nSPS) is 28.7. The van der Waals surface area contributed by atoms with Crippen LogP contribution in [0.5, 0.6) is 0 Å². The molecule has 3 heterocycles. The van der Waals surface area contributed by atoms with Gasteiger partial charge >= 0.3 is 0 Å². The minimum atomic E-state index is -1.75. The molecule has 9 heteroatoms. The van der Waals surface area contributed by atoms with E-state index in [0.29, 0.717) is 21.6 Å². The van der Waals surface area contributed by atoms with E-state index in [9.17, 15) is 20.1 Å². The molecule has 0 bridgehead atoms. The number of ether oxygens (including phenoxy) is 1. The summed E-state index contributed by atoms with van der Waals surface area (Å²) in [5, 5.41) is 33.4. The molecule has 148 valence electrons. The number of rotatable bonds is 3. The highest BCUT2D eigenvalue weighted by molar-refractivity contribution is 6.31. The number of H-pyrrole nitrogens is 1. The van der Waals surface area contributed by atoms with Crippen molar-refractivity contribution in [2.45, 2.75) is 44.0 Å². The van der Waals surface area contributed by atoms with Crippen LogP contribution in [0.15, 0.2) is 41.6 Å². The summed E-state index contributed by atoms with van der Waals surface area (Å²) < 4.78 is 7.37. The largest absolute Gasteiger partial charge is 0.386 e. The Balaban J connectivity index is 1.72. The smallest absolute Gasteiger partial charge is 0.260 e. The molecule has 0 saturated carbocycles. The van der Waals surface area contributed by atoms with E-state index in [1.54, 1.807) is 37.4 Å². The molecule has 0 amide bonds. The second kappa shape index (κ2) is 6.68. The summed E-state index contributed by atoms with van der Waals surface area (Å²) in [4.78, 5) is 18.5. The average molecular weight is 406 g/mol. The molecule has 1 aliphatic rings. The summed E-state index contributed by atoms with van der Waals surface area (Å²) in [6.45, 7) is 3.21. The van der Waals surface area contributed by atoms with Crippen LogP contribution in [0, 0.1) is 6.92 Å². The Morgan fingerprint density at radius 3 is 2.86 bits per heavy atom. The van der Waals surface area contributed by atoms with E-state index in [0.717, 1.165) is 5.56 Å². The first-order valence-electron chi connectivity index (χ1n) is 8.76. The van der Waals surface area contributed by atoms with Gasteiger partial charge in [0.15, 0.2) is 6.23 Å². The zero-order valence-corrected chi connectivity index (χ0v) is 16.0. The molecule has 8 nitrogen and oxygen atoms in total. The Morgan fingerprint density at radius 1 is 1.39 bits per heavy atom. The molecule has 3 aromatic rings. The van der Waals surface area contributed by atoms with Crippen molar-refractivity contribution in [1.29, 1.82) is 0 Å². The Labute approximate surface area is 165 Å². The average Bonchev–Trinajstić information content (AvgIpc) is 3.17. The van der Waals surface area contributed by atoms with E-state index >= 15 is 0 Å². The second-order valence-electron chi connectivity index (χ2n) is 7.26. The van der Waals surface area contributed by atoms with E-state index in [-0.39, 0.29) is 5.56 Å². The van der Waals surface area contributed by atoms with Crippen LogP contribution in [0.25, 0.3) is 11.0 Å². The number of aliphatic hydroxyl groups excluding tert-OH is 2. The first-order valence-corrected chi connectivity index (χ1v) is 9.14. The number of nitrogens with one attached hydrogen (secondary N) is 1. The summed E-state index contributed by atoms with van der Waals surface area (Å²) in [5.41, 5.74) is -0.493. The third kappa shape index (κ3) is 2.85. The topological polar surface area (TPSA) is 121 Å². The first-order chi connectivity index (χ1) is 13.2. The second-order valence-corrected chi connectivity index (χ2v) is 7.67. The molecule has 0 unspecified atom stereocenters. The third-order valence-corrected chi connectivity index (χ3v) is 5.75. The standard InChI is InChI=1S/C19H20ClN3O5/c1-9-7-10(3-4-12(9)20)13(24)15-19(2,27)14(25)18(28-15)23-6-5-11-16(23)21-8-22-17(11)26/h3-8,13-15,18,24-25,27H,1-2H3,(H,21,22,26)/t13-,14+,15-,18-,19+/m1/s1. The molecule has 0 radical (unpaired) electrons. The fourth-order valence-electron chi connectivity index (χ4n) is 3.65. The highest BCUT2D eigenvalue weighted by atomic mass is 35.5. The Morgan fingerprint density at radius 2 is 2.14 bits per heavy atom. The minimum Gasteiger partial charge on any atom is -0.386 e. The molecule has 1 aliphatic heterocycles. The third-order valence-electron chi connectivity index (χ3n) is 5.33. The van der Waals surface area contributed by atoms with Crippen LogP contribution in [0.2, 0.25) is 5.02 Å². The van der Waals surface area contributed by atoms with Gasteiger partial charge in [-0.2, -0.15) is 0 Å². The fraction of sp³-hybridized carbons (Fsp3) is 0.368. The Bertz CT molecular complexity index is 1090. The summed E-state index contributed by atoms with van der Waals surface area (Å²) >= 11 is 6.04.